The van der Waals surface area contributed by atoms with Gasteiger partial charge in [-0.25, -0.2) is 0 Å². The second-order valence-corrected chi connectivity index (χ2v) is 9.77. The fraction of sp³-hybridized carbons (Fsp3) is 0.440. The Labute approximate surface area is 185 Å². The number of ether oxygens (including phenoxy) is 1. The summed E-state index contributed by atoms with van der Waals surface area (Å²) in [6.45, 7) is 1.96. The number of pyridine rings is 1. The van der Waals surface area contributed by atoms with E-state index < -0.39 is 11.9 Å². The molecule has 2 aliphatic carbocycles. The maximum absolute atomic E-state index is 13.6. The second-order valence-electron chi connectivity index (χ2n) is 8.68. The number of aromatic nitrogens is 1. The van der Waals surface area contributed by atoms with Crippen LogP contribution in [0.1, 0.15) is 60.1 Å². The molecule has 31 heavy (non-hydrogen) atoms. The highest BCUT2D eigenvalue weighted by atomic mass is 32.1. The minimum atomic E-state index is -0.945. The second kappa shape index (κ2) is 7.83. The number of thiophene rings is 1. The van der Waals surface area contributed by atoms with E-state index in [4.69, 9.17) is 4.74 Å². The van der Waals surface area contributed by atoms with Gasteiger partial charge in [0.15, 0.2) is 0 Å². The van der Waals surface area contributed by atoms with Crippen LogP contribution in [-0.2, 0) is 29.4 Å². The van der Waals surface area contributed by atoms with Gasteiger partial charge in [-0.15, -0.1) is 11.3 Å². The first-order valence-electron chi connectivity index (χ1n) is 11.1. The Bertz CT molecular complexity index is 1210. The average Bonchev–Trinajstić information content (AvgIpc) is 3.36. The predicted molar refractivity (Wildman–Crippen MR) is 124 cm³/mol. The van der Waals surface area contributed by atoms with Crippen LogP contribution in [-0.4, -0.2) is 21.7 Å². The number of allylic oxidation sites excluding steroid dienone is 2. The van der Waals surface area contributed by atoms with Crippen molar-refractivity contribution in [2.75, 3.05) is 0 Å². The van der Waals surface area contributed by atoms with Crippen molar-refractivity contribution in [3.8, 4) is 0 Å². The van der Waals surface area contributed by atoms with Crippen LogP contribution in [0.2, 0.25) is 0 Å². The number of carbonyl (C=O) groups is 1. The van der Waals surface area contributed by atoms with Crippen molar-refractivity contribution in [1.29, 1.82) is 0 Å². The van der Waals surface area contributed by atoms with E-state index in [0.29, 0.717) is 24.2 Å². The topological polar surface area (TPSA) is 68.5 Å². The van der Waals surface area contributed by atoms with Crippen LogP contribution in [0.3, 0.4) is 0 Å². The van der Waals surface area contributed by atoms with Crippen molar-refractivity contribution >= 4 is 33.3 Å². The number of hydrogen-bond acceptors (Lipinski definition) is 4. The minimum Gasteiger partial charge on any atom is -0.485 e. The molecule has 0 radical (unpaired) electrons. The summed E-state index contributed by atoms with van der Waals surface area (Å²) in [4.78, 5) is 28.2. The van der Waals surface area contributed by atoms with Crippen molar-refractivity contribution < 1.29 is 14.6 Å². The van der Waals surface area contributed by atoms with E-state index in [2.05, 4.69) is 12.2 Å². The summed E-state index contributed by atoms with van der Waals surface area (Å²) in [5.74, 6) is -1.02. The van der Waals surface area contributed by atoms with Gasteiger partial charge in [0.1, 0.15) is 16.7 Å². The third-order valence-corrected chi connectivity index (χ3v) is 8.08. The highest BCUT2D eigenvalue weighted by molar-refractivity contribution is 7.19. The highest BCUT2D eigenvalue weighted by Crippen LogP contribution is 2.45. The molecule has 0 fully saturated rings. The van der Waals surface area contributed by atoms with Gasteiger partial charge >= 0.3 is 5.97 Å². The maximum atomic E-state index is 13.6. The largest absolute Gasteiger partial charge is 0.485 e. The Morgan fingerprint density at radius 2 is 2.06 bits per heavy atom. The van der Waals surface area contributed by atoms with Gasteiger partial charge in [0.2, 0.25) is 0 Å². The molecule has 162 valence electrons. The normalized spacial score (nSPS) is 22.7. The lowest BCUT2D eigenvalue weighted by atomic mass is 9.86. The molecule has 2 aromatic heterocycles. The third kappa shape index (κ3) is 3.19. The lowest BCUT2D eigenvalue weighted by molar-refractivity contribution is -0.139. The fourth-order valence-electron chi connectivity index (χ4n) is 5.19. The Hall–Kier alpha value is -2.60. The average molecular weight is 438 g/mol. The molecule has 2 aromatic rings. The standard InChI is InChI=1S/C25H27NO4S/c1-3-8-16(25(28)29)20-22(18-13-14-9-4-6-11-17(14)30-18)21-15-10-5-7-12-19(15)31-24(21)26(2)23(20)27/h4,6,9,11,13-14,16-17H,3,5,7-8,10,12H2,1-2H3,(H,28,29). The molecule has 5 rings (SSSR count). The number of aryl methyl sites for hydroxylation is 3. The highest BCUT2D eigenvalue weighted by Gasteiger charge is 2.36. The Morgan fingerprint density at radius 3 is 2.81 bits per heavy atom. The first-order chi connectivity index (χ1) is 15.0. The molecule has 0 spiro atoms. The van der Waals surface area contributed by atoms with E-state index >= 15 is 0 Å². The van der Waals surface area contributed by atoms with Crippen molar-refractivity contribution in [3.05, 3.63) is 62.3 Å². The number of fused-ring (bicyclic) bond motifs is 4. The van der Waals surface area contributed by atoms with Crippen molar-refractivity contribution in [3.63, 3.8) is 0 Å². The molecule has 0 saturated carbocycles. The smallest absolute Gasteiger partial charge is 0.311 e. The monoisotopic (exact) mass is 437 g/mol. The summed E-state index contributed by atoms with van der Waals surface area (Å²) in [6.07, 6.45) is 15.4. The summed E-state index contributed by atoms with van der Waals surface area (Å²) >= 11 is 1.69. The maximum Gasteiger partial charge on any atom is 0.311 e. The van der Waals surface area contributed by atoms with Crippen LogP contribution in [0.25, 0.3) is 16.0 Å². The summed E-state index contributed by atoms with van der Waals surface area (Å²) < 4.78 is 8.02. The lowest BCUT2D eigenvalue weighted by Crippen LogP contribution is -2.29. The number of carboxylic acids is 1. The van der Waals surface area contributed by atoms with Gasteiger partial charge in [0, 0.05) is 34.4 Å². The van der Waals surface area contributed by atoms with Crippen molar-refractivity contribution in [2.24, 2.45) is 13.0 Å². The summed E-state index contributed by atoms with van der Waals surface area (Å²) in [5.41, 5.74) is 2.18. The van der Waals surface area contributed by atoms with Crippen molar-refractivity contribution in [2.45, 2.75) is 57.5 Å². The number of aliphatic carboxylic acids is 1. The van der Waals surface area contributed by atoms with Gasteiger partial charge in [-0.1, -0.05) is 31.6 Å². The SMILES string of the molecule is CCCC(C(=O)O)c1c(C2=CC3C=CC=CC3O2)c2c3c(sc2n(C)c1=O)CCCC3. The molecule has 0 aromatic carbocycles. The molecule has 1 N–H and O–H groups in total. The molecule has 0 bridgehead atoms. The van der Waals surface area contributed by atoms with E-state index in [0.717, 1.165) is 41.5 Å². The van der Waals surface area contributed by atoms with E-state index in [-0.39, 0.29) is 17.6 Å². The van der Waals surface area contributed by atoms with E-state index in [9.17, 15) is 14.7 Å². The number of rotatable bonds is 5. The lowest BCUT2D eigenvalue weighted by Gasteiger charge is -2.21. The van der Waals surface area contributed by atoms with Gasteiger partial charge in [-0.2, -0.15) is 0 Å². The number of hydrogen-bond donors (Lipinski definition) is 1. The first kappa shape index (κ1) is 20.3. The Morgan fingerprint density at radius 1 is 1.29 bits per heavy atom. The van der Waals surface area contributed by atoms with E-state index in [1.165, 1.54) is 10.4 Å². The molecule has 3 unspecified atom stereocenters. The zero-order valence-electron chi connectivity index (χ0n) is 17.9. The van der Waals surface area contributed by atoms with Gasteiger partial charge in [0.25, 0.3) is 5.56 Å². The van der Waals surface area contributed by atoms with Crippen LogP contribution in [0, 0.1) is 5.92 Å². The van der Waals surface area contributed by atoms with Gasteiger partial charge in [0.05, 0.1) is 5.92 Å². The van der Waals surface area contributed by atoms with Crippen LogP contribution in [0.15, 0.2) is 35.2 Å². The summed E-state index contributed by atoms with van der Waals surface area (Å²) in [7, 11) is 1.78. The zero-order chi connectivity index (χ0) is 21.7. The van der Waals surface area contributed by atoms with Gasteiger partial charge < -0.3 is 14.4 Å². The molecule has 3 aliphatic rings. The summed E-state index contributed by atoms with van der Waals surface area (Å²) in [5, 5.41) is 11.1. The molecular weight excluding hydrogens is 410 g/mol. The predicted octanol–water partition coefficient (Wildman–Crippen LogP) is 4.93. The minimum absolute atomic E-state index is 0.101. The number of nitrogens with zero attached hydrogens (tertiary/aromatic N) is 1. The Balaban J connectivity index is 1.85. The van der Waals surface area contributed by atoms with Gasteiger partial charge in [-0.05, 0) is 49.8 Å². The summed E-state index contributed by atoms with van der Waals surface area (Å²) in [6, 6.07) is 0. The molecule has 0 saturated heterocycles. The molecule has 1 aliphatic heterocycles. The van der Waals surface area contributed by atoms with Crippen molar-refractivity contribution in [1.82, 2.24) is 4.57 Å². The van der Waals surface area contributed by atoms with Gasteiger partial charge in [-0.3, -0.25) is 9.59 Å². The molecule has 5 nitrogen and oxygen atoms in total. The van der Waals surface area contributed by atoms with E-state index in [1.807, 2.05) is 25.2 Å². The zero-order valence-corrected chi connectivity index (χ0v) is 18.7. The first-order valence-corrected chi connectivity index (χ1v) is 12.0. The molecule has 0 amide bonds. The van der Waals surface area contributed by atoms with Crippen LogP contribution >= 0.6 is 11.3 Å². The van der Waals surface area contributed by atoms with Crippen LogP contribution in [0.4, 0.5) is 0 Å². The molecule has 6 heteroatoms. The van der Waals surface area contributed by atoms with Crippen LogP contribution in [0.5, 0.6) is 0 Å². The number of carboxylic acid groups (broad SMARTS) is 1. The fourth-order valence-corrected chi connectivity index (χ4v) is 6.55. The Kier molecular flexibility index (Phi) is 5.13. The van der Waals surface area contributed by atoms with E-state index in [1.54, 1.807) is 23.0 Å². The molecule has 3 atom stereocenters. The molecule has 3 heterocycles. The third-order valence-electron chi connectivity index (χ3n) is 6.71. The van der Waals surface area contributed by atoms with Crippen LogP contribution < -0.4 is 5.56 Å². The quantitative estimate of drug-likeness (QED) is 0.720. The molecular formula is C25H27NO4S.